The van der Waals surface area contributed by atoms with Crippen LogP contribution < -0.4 is 10.2 Å². The number of hydrogen-bond donors (Lipinski definition) is 1. The third kappa shape index (κ3) is 5.08. The van der Waals surface area contributed by atoms with Crippen molar-refractivity contribution in [1.29, 1.82) is 0 Å². The summed E-state index contributed by atoms with van der Waals surface area (Å²) >= 11 is 7.18. The standard InChI is InChI=1S/C21H20ClN3O4S/c22-14-5-7-15(8-6-14)23-19(26)11-16-13-30-21(24-16)25(12-17-3-1-9-28-17)20(27)18-4-2-10-29-18/h2,4-8,10,13,17H,1,3,9,11-12H2,(H,23,26). The third-order valence-corrected chi connectivity index (χ3v) is 5.79. The quantitative estimate of drug-likeness (QED) is 0.582. The van der Waals surface area contributed by atoms with Crippen molar-refractivity contribution in [3.63, 3.8) is 0 Å². The molecule has 3 aromatic rings. The van der Waals surface area contributed by atoms with Crippen molar-refractivity contribution in [2.75, 3.05) is 23.4 Å². The minimum absolute atomic E-state index is 0.0375. The molecule has 4 rings (SSSR count). The molecular weight excluding hydrogens is 426 g/mol. The molecule has 1 aliphatic rings. The molecule has 2 amide bonds. The summed E-state index contributed by atoms with van der Waals surface area (Å²) in [5, 5.41) is 5.71. The number of amides is 2. The molecule has 2 aromatic heterocycles. The first-order valence-electron chi connectivity index (χ1n) is 9.55. The molecule has 1 unspecified atom stereocenters. The van der Waals surface area contributed by atoms with Crippen molar-refractivity contribution in [3.05, 3.63) is 64.5 Å². The van der Waals surface area contributed by atoms with Gasteiger partial charge in [-0.3, -0.25) is 14.5 Å². The molecule has 1 fully saturated rings. The Hall–Kier alpha value is -2.68. The van der Waals surface area contributed by atoms with Crippen LogP contribution in [0.25, 0.3) is 0 Å². The highest BCUT2D eigenvalue weighted by atomic mass is 35.5. The molecule has 1 aliphatic heterocycles. The average molecular weight is 446 g/mol. The van der Waals surface area contributed by atoms with Crippen LogP contribution in [-0.4, -0.2) is 36.1 Å². The van der Waals surface area contributed by atoms with E-state index in [9.17, 15) is 9.59 Å². The number of nitrogens with zero attached hydrogens (tertiary/aromatic N) is 2. The maximum Gasteiger partial charge on any atom is 0.295 e. The zero-order chi connectivity index (χ0) is 20.9. The molecule has 0 spiro atoms. The number of halogens is 1. The number of anilines is 2. The molecule has 9 heteroatoms. The van der Waals surface area contributed by atoms with Gasteiger partial charge in [0.2, 0.25) is 5.91 Å². The number of nitrogens with one attached hydrogen (secondary N) is 1. The molecule has 1 N–H and O–H groups in total. The highest BCUT2D eigenvalue weighted by molar-refractivity contribution is 7.14. The fourth-order valence-electron chi connectivity index (χ4n) is 3.18. The molecule has 1 aromatic carbocycles. The van der Waals surface area contributed by atoms with Crippen LogP contribution in [-0.2, 0) is 16.0 Å². The Balaban J connectivity index is 1.46. The average Bonchev–Trinajstić information content (AvgIpc) is 3.50. The van der Waals surface area contributed by atoms with Crippen LogP contribution >= 0.6 is 22.9 Å². The van der Waals surface area contributed by atoms with Gasteiger partial charge in [0.1, 0.15) is 0 Å². The van der Waals surface area contributed by atoms with Gasteiger partial charge in [-0.1, -0.05) is 11.6 Å². The van der Waals surface area contributed by atoms with Gasteiger partial charge in [-0.25, -0.2) is 4.98 Å². The van der Waals surface area contributed by atoms with Gasteiger partial charge in [0.05, 0.1) is 31.0 Å². The SMILES string of the molecule is O=C(Cc1csc(N(CC2CCCO2)C(=O)c2ccco2)n1)Nc1ccc(Cl)cc1. The van der Waals surface area contributed by atoms with Crippen LogP contribution in [0.15, 0.2) is 52.5 Å². The zero-order valence-electron chi connectivity index (χ0n) is 16.0. The van der Waals surface area contributed by atoms with Crippen molar-refractivity contribution < 1.29 is 18.7 Å². The van der Waals surface area contributed by atoms with Gasteiger partial charge in [-0.05, 0) is 49.2 Å². The second-order valence-electron chi connectivity index (χ2n) is 6.88. The van der Waals surface area contributed by atoms with Gasteiger partial charge in [0.15, 0.2) is 10.9 Å². The van der Waals surface area contributed by atoms with Gasteiger partial charge in [0, 0.05) is 22.7 Å². The number of rotatable bonds is 7. The van der Waals surface area contributed by atoms with Crippen molar-refractivity contribution in [2.45, 2.75) is 25.4 Å². The summed E-state index contributed by atoms with van der Waals surface area (Å²) in [6.07, 6.45) is 3.39. The number of furan rings is 1. The lowest BCUT2D eigenvalue weighted by molar-refractivity contribution is -0.115. The first-order valence-corrected chi connectivity index (χ1v) is 10.8. The second-order valence-corrected chi connectivity index (χ2v) is 8.15. The maximum absolute atomic E-state index is 12.9. The normalized spacial score (nSPS) is 15.8. The van der Waals surface area contributed by atoms with Crippen LogP contribution in [0.1, 0.15) is 29.1 Å². The lowest BCUT2D eigenvalue weighted by Gasteiger charge is -2.22. The summed E-state index contributed by atoms with van der Waals surface area (Å²) in [6.45, 7) is 1.09. The number of aromatic nitrogens is 1. The van der Waals surface area contributed by atoms with Crippen molar-refractivity contribution in [2.24, 2.45) is 0 Å². The van der Waals surface area contributed by atoms with Gasteiger partial charge in [-0.15, -0.1) is 11.3 Å². The van der Waals surface area contributed by atoms with E-state index in [1.165, 1.54) is 17.6 Å². The molecule has 1 saturated heterocycles. The predicted octanol–water partition coefficient (Wildman–Crippen LogP) is 4.40. The smallest absolute Gasteiger partial charge is 0.295 e. The predicted molar refractivity (Wildman–Crippen MR) is 115 cm³/mol. The van der Waals surface area contributed by atoms with E-state index in [0.29, 0.717) is 34.7 Å². The summed E-state index contributed by atoms with van der Waals surface area (Å²) < 4.78 is 11.0. The maximum atomic E-state index is 12.9. The van der Waals surface area contributed by atoms with Crippen molar-refractivity contribution in [1.82, 2.24) is 4.98 Å². The van der Waals surface area contributed by atoms with Crippen LogP contribution in [0.5, 0.6) is 0 Å². The number of benzene rings is 1. The Labute approximate surface area is 182 Å². The highest BCUT2D eigenvalue weighted by Gasteiger charge is 2.28. The van der Waals surface area contributed by atoms with E-state index in [1.807, 2.05) is 0 Å². The summed E-state index contributed by atoms with van der Waals surface area (Å²) in [5.74, 6) is -0.232. The van der Waals surface area contributed by atoms with E-state index in [2.05, 4.69) is 10.3 Å². The summed E-state index contributed by atoms with van der Waals surface area (Å²) in [7, 11) is 0. The highest BCUT2D eigenvalue weighted by Crippen LogP contribution is 2.26. The van der Waals surface area contributed by atoms with Crippen LogP contribution in [0.2, 0.25) is 5.02 Å². The van der Waals surface area contributed by atoms with Crippen molar-refractivity contribution >= 4 is 45.6 Å². The second kappa shape index (κ2) is 9.42. The van der Waals surface area contributed by atoms with Crippen LogP contribution in [0, 0.1) is 0 Å². The van der Waals surface area contributed by atoms with Crippen molar-refractivity contribution in [3.8, 4) is 0 Å². The van der Waals surface area contributed by atoms with E-state index in [4.69, 9.17) is 20.8 Å². The molecule has 30 heavy (non-hydrogen) atoms. The van der Waals surface area contributed by atoms with Crippen LogP contribution in [0.3, 0.4) is 0 Å². The minimum Gasteiger partial charge on any atom is -0.459 e. The van der Waals surface area contributed by atoms with Gasteiger partial charge in [-0.2, -0.15) is 0 Å². The Morgan fingerprint density at radius 2 is 2.10 bits per heavy atom. The van der Waals surface area contributed by atoms with Gasteiger partial charge in [0.25, 0.3) is 5.91 Å². The first-order chi connectivity index (χ1) is 14.6. The monoisotopic (exact) mass is 445 g/mol. The largest absolute Gasteiger partial charge is 0.459 e. The molecule has 156 valence electrons. The number of carbonyl (C=O) groups excluding carboxylic acids is 2. The van der Waals surface area contributed by atoms with Gasteiger partial charge >= 0.3 is 0 Å². The third-order valence-electron chi connectivity index (χ3n) is 4.63. The molecule has 1 atom stereocenters. The van der Waals surface area contributed by atoms with E-state index in [1.54, 1.807) is 46.7 Å². The van der Waals surface area contributed by atoms with E-state index >= 15 is 0 Å². The summed E-state index contributed by atoms with van der Waals surface area (Å²) in [6, 6.07) is 10.2. The minimum atomic E-state index is -0.276. The molecule has 3 heterocycles. The molecule has 0 bridgehead atoms. The number of thiazole rings is 1. The molecule has 0 radical (unpaired) electrons. The summed E-state index contributed by atoms with van der Waals surface area (Å²) in [5.41, 5.74) is 1.25. The fraction of sp³-hybridized carbons (Fsp3) is 0.286. The Morgan fingerprint density at radius 1 is 1.27 bits per heavy atom. The number of hydrogen-bond acceptors (Lipinski definition) is 6. The number of ether oxygens (including phenoxy) is 1. The molecular formula is C21H20ClN3O4S. The first kappa shape index (κ1) is 20.6. The molecule has 7 nitrogen and oxygen atoms in total. The molecule has 0 aliphatic carbocycles. The van der Waals surface area contributed by atoms with E-state index in [0.717, 1.165) is 12.8 Å². The van der Waals surface area contributed by atoms with E-state index < -0.39 is 0 Å². The fourth-order valence-corrected chi connectivity index (χ4v) is 4.14. The van der Waals surface area contributed by atoms with Crippen LogP contribution in [0.4, 0.5) is 10.8 Å². The lowest BCUT2D eigenvalue weighted by Crippen LogP contribution is -2.37. The molecule has 0 saturated carbocycles. The number of carbonyl (C=O) groups is 2. The van der Waals surface area contributed by atoms with E-state index in [-0.39, 0.29) is 30.1 Å². The topological polar surface area (TPSA) is 84.7 Å². The summed E-state index contributed by atoms with van der Waals surface area (Å²) in [4.78, 5) is 31.4. The van der Waals surface area contributed by atoms with Gasteiger partial charge < -0.3 is 14.5 Å². The Morgan fingerprint density at radius 3 is 2.80 bits per heavy atom. The Kier molecular flexibility index (Phi) is 6.47. The zero-order valence-corrected chi connectivity index (χ0v) is 17.6. The Bertz CT molecular complexity index is 998. The lowest BCUT2D eigenvalue weighted by atomic mass is 10.2.